The summed E-state index contributed by atoms with van der Waals surface area (Å²) in [5.41, 5.74) is 13.8. The summed E-state index contributed by atoms with van der Waals surface area (Å²) in [6, 6.07) is 65.5. The SMILES string of the molecule is c1ccc(-n2c3ccccc3c3cc(-c4cccc5c6cccc7c8cc9c(cc8n(c45)c76)c4cc5ccccc5c5c6ccccc6n9c45)ccc32)cc1. The van der Waals surface area contributed by atoms with Gasteiger partial charge in [0, 0.05) is 65.1 Å². The van der Waals surface area contributed by atoms with Crippen LogP contribution in [-0.4, -0.2) is 13.4 Å². The molecule has 3 nitrogen and oxygen atoms in total. The highest BCUT2D eigenvalue weighted by molar-refractivity contribution is 6.33. The Morgan fingerprint density at radius 3 is 1.75 bits per heavy atom. The maximum absolute atomic E-state index is 2.58. The molecule has 0 N–H and O–H groups in total. The zero-order valence-electron chi connectivity index (χ0n) is 29.6. The number of rotatable bonds is 2. The van der Waals surface area contributed by atoms with Crippen molar-refractivity contribution in [2.45, 2.75) is 0 Å². The number of fused-ring (bicyclic) bond motifs is 17. The van der Waals surface area contributed by atoms with E-state index in [2.05, 4.69) is 189 Å². The van der Waals surface area contributed by atoms with Crippen molar-refractivity contribution in [2.24, 2.45) is 0 Å². The molecule has 0 spiro atoms. The average molecular weight is 696 g/mol. The summed E-state index contributed by atoms with van der Waals surface area (Å²) in [7, 11) is 0. The predicted molar refractivity (Wildman–Crippen MR) is 233 cm³/mol. The minimum atomic E-state index is 1.18. The Balaban J connectivity index is 1.12. The Morgan fingerprint density at radius 2 is 0.891 bits per heavy atom. The fourth-order valence-electron chi connectivity index (χ4n) is 10.5. The van der Waals surface area contributed by atoms with Crippen molar-refractivity contribution in [3.8, 4) is 16.8 Å². The number of benzene rings is 9. The van der Waals surface area contributed by atoms with E-state index in [1.54, 1.807) is 0 Å². The van der Waals surface area contributed by atoms with Crippen LogP contribution in [0.1, 0.15) is 0 Å². The van der Waals surface area contributed by atoms with Crippen molar-refractivity contribution in [1.29, 1.82) is 0 Å². The van der Waals surface area contributed by atoms with Gasteiger partial charge in [-0.15, -0.1) is 0 Å². The van der Waals surface area contributed by atoms with Gasteiger partial charge in [-0.2, -0.15) is 0 Å². The highest BCUT2D eigenvalue weighted by atomic mass is 15.0. The van der Waals surface area contributed by atoms with Crippen LogP contribution in [0.15, 0.2) is 176 Å². The van der Waals surface area contributed by atoms with Crippen LogP contribution in [0.4, 0.5) is 0 Å². The number of aromatic nitrogens is 3. The van der Waals surface area contributed by atoms with Crippen molar-refractivity contribution in [3.05, 3.63) is 176 Å². The van der Waals surface area contributed by atoms with E-state index in [4.69, 9.17) is 0 Å². The van der Waals surface area contributed by atoms with E-state index < -0.39 is 0 Å². The first-order valence-corrected chi connectivity index (χ1v) is 19.1. The molecular formula is C52H29N3. The van der Waals surface area contributed by atoms with Crippen LogP contribution in [0.2, 0.25) is 0 Å². The normalized spacial score (nSPS) is 12.7. The summed E-state index contributed by atoms with van der Waals surface area (Å²) < 4.78 is 7.50. The lowest BCUT2D eigenvalue weighted by molar-refractivity contribution is 1.18. The quantitative estimate of drug-likeness (QED) is 0.171. The largest absolute Gasteiger partial charge is 0.309 e. The molecule has 0 radical (unpaired) electrons. The molecule has 55 heavy (non-hydrogen) atoms. The third-order valence-corrected chi connectivity index (χ3v) is 12.6. The highest BCUT2D eigenvalue weighted by Crippen LogP contribution is 2.48. The molecule has 5 heterocycles. The lowest BCUT2D eigenvalue weighted by Gasteiger charge is -2.09. The minimum Gasteiger partial charge on any atom is -0.309 e. The van der Waals surface area contributed by atoms with E-state index >= 15 is 0 Å². The second-order valence-corrected chi connectivity index (χ2v) is 15.3. The number of hydrogen-bond acceptors (Lipinski definition) is 0. The van der Waals surface area contributed by atoms with Gasteiger partial charge in [-0.3, -0.25) is 0 Å². The molecule has 252 valence electrons. The highest BCUT2D eigenvalue weighted by Gasteiger charge is 2.24. The van der Waals surface area contributed by atoms with Gasteiger partial charge in [-0.05, 0) is 70.9 Å². The van der Waals surface area contributed by atoms with E-state index in [-0.39, 0.29) is 0 Å². The second-order valence-electron chi connectivity index (χ2n) is 15.3. The van der Waals surface area contributed by atoms with Crippen LogP contribution in [-0.2, 0) is 0 Å². The first-order valence-electron chi connectivity index (χ1n) is 19.1. The molecule has 0 unspecified atom stereocenters. The molecule has 5 aromatic heterocycles. The van der Waals surface area contributed by atoms with E-state index in [1.165, 1.54) is 126 Å². The van der Waals surface area contributed by atoms with E-state index in [0.29, 0.717) is 0 Å². The Labute approximate surface area is 313 Å². The summed E-state index contributed by atoms with van der Waals surface area (Å²) in [6.45, 7) is 0. The third kappa shape index (κ3) is 3.35. The smallest absolute Gasteiger partial charge is 0.0626 e. The molecule has 0 bridgehead atoms. The molecule has 0 fully saturated rings. The van der Waals surface area contributed by atoms with Gasteiger partial charge in [0.25, 0.3) is 0 Å². The molecule has 0 aliphatic carbocycles. The minimum absolute atomic E-state index is 1.18. The summed E-state index contributed by atoms with van der Waals surface area (Å²) in [6.07, 6.45) is 0. The molecule has 0 aliphatic heterocycles. The van der Waals surface area contributed by atoms with Crippen molar-refractivity contribution in [3.63, 3.8) is 0 Å². The molecule has 0 aliphatic rings. The average Bonchev–Trinajstić information content (AvgIpc) is 4.03. The van der Waals surface area contributed by atoms with Crippen LogP contribution in [0.5, 0.6) is 0 Å². The van der Waals surface area contributed by atoms with Crippen LogP contribution in [0.3, 0.4) is 0 Å². The molecule has 0 saturated heterocycles. The summed E-state index contributed by atoms with van der Waals surface area (Å²) in [5, 5.41) is 15.6. The van der Waals surface area contributed by atoms with Crippen molar-refractivity contribution >= 4 is 109 Å². The Hall–Kier alpha value is -7.36. The zero-order valence-corrected chi connectivity index (χ0v) is 29.6. The number of para-hydroxylation sites is 5. The van der Waals surface area contributed by atoms with Gasteiger partial charge in [0.05, 0.1) is 44.1 Å². The van der Waals surface area contributed by atoms with Crippen molar-refractivity contribution in [1.82, 2.24) is 13.4 Å². The molecule has 14 aromatic rings. The maximum Gasteiger partial charge on any atom is 0.0626 e. The number of hydrogen-bond donors (Lipinski definition) is 0. The van der Waals surface area contributed by atoms with Gasteiger partial charge in [0.1, 0.15) is 0 Å². The Kier molecular flexibility index (Phi) is 5.01. The first-order chi connectivity index (χ1) is 27.3. The van der Waals surface area contributed by atoms with Gasteiger partial charge in [-0.25, -0.2) is 0 Å². The summed E-state index contributed by atoms with van der Waals surface area (Å²) in [5.74, 6) is 0. The predicted octanol–water partition coefficient (Wildman–Crippen LogP) is 13.9. The molecule has 9 aromatic carbocycles. The number of nitrogens with zero attached hydrogens (tertiary/aromatic N) is 3. The van der Waals surface area contributed by atoms with Crippen LogP contribution in [0, 0.1) is 0 Å². The fraction of sp³-hybridized carbons (Fsp3) is 0. The summed E-state index contributed by atoms with van der Waals surface area (Å²) >= 11 is 0. The standard InChI is InChI=1S/C52H29N3/c1-2-13-32(14-3-1)53-44-22-8-6-16-35(44)40-26-31(24-25-46(40)53)34-18-10-19-36-37-20-11-21-38-41-28-47-42(29-48(41)55(50(34)36)51(37)38)43-27-30-12-4-5-15-33(30)49-39-17-7-9-23-45(39)54(47)52(43)49/h1-29H. The van der Waals surface area contributed by atoms with Gasteiger partial charge in [0.2, 0.25) is 0 Å². The zero-order chi connectivity index (χ0) is 35.5. The monoisotopic (exact) mass is 695 g/mol. The third-order valence-electron chi connectivity index (χ3n) is 12.6. The van der Waals surface area contributed by atoms with Crippen molar-refractivity contribution < 1.29 is 0 Å². The topological polar surface area (TPSA) is 13.8 Å². The molecular weight excluding hydrogens is 667 g/mol. The molecule has 14 rings (SSSR count). The van der Waals surface area contributed by atoms with Gasteiger partial charge < -0.3 is 13.4 Å². The molecule has 0 amide bonds. The van der Waals surface area contributed by atoms with Crippen LogP contribution >= 0.6 is 0 Å². The van der Waals surface area contributed by atoms with Crippen LogP contribution in [0.25, 0.3) is 126 Å². The van der Waals surface area contributed by atoms with E-state index in [0.717, 1.165) is 0 Å². The lowest BCUT2D eigenvalue weighted by atomic mass is 9.98. The second kappa shape index (κ2) is 9.79. The van der Waals surface area contributed by atoms with Crippen molar-refractivity contribution in [2.75, 3.05) is 0 Å². The Morgan fingerprint density at radius 1 is 0.291 bits per heavy atom. The molecule has 0 saturated carbocycles. The fourth-order valence-corrected chi connectivity index (χ4v) is 10.5. The van der Waals surface area contributed by atoms with Crippen LogP contribution < -0.4 is 0 Å². The summed E-state index contributed by atoms with van der Waals surface area (Å²) in [4.78, 5) is 0. The first kappa shape index (κ1) is 28.2. The van der Waals surface area contributed by atoms with Gasteiger partial charge in [0.15, 0.2) is 0 Å². The van der Waals surface area contributed by atoms with Gasteiger partial charge in [-0.1, -0.05) is 121 Å². The van der Waals surface area contributed by atoms with E-state index in [1.807, 2.05) is 0 Å². The lowest BCUT2D eigenvalue weighted by Crippen LogP contribution is -1.93. The molecule has 3 heteroatoms. The van der Waals surface area contributed by atoms with E-state index in [9.17, 15) is 0 Å². The Bertz CT molecular complexity index is 3930. The molecule has 0 atom stereocenters. The maximum atomic E-state index is 2.58. The van der Waals surface area contributed by atoms with Gasteiger partial charge >= 0.3 is 0 Å².